The monoisotopic (exact) mass is 302 g/mol. The van der Waals surface area contributed by atoms with Crippen molar-refractivity contribution in [3.05, 3.63) is 28.8 Å². The number of alkyl halides is 1. The number of hydrogen-bond acceptors (Lipinski definition) is 1. The summed E-state index contributed by atoms with van der Waals surface area (Å²) in [6.45, 7) is 0. The molecule has 0 saturated heterocycles. The molecule has 0 radical (unpaired) electrons. The molecular formula is C13H16BrClO. The molecule has 1 aromatic carbocycles. The predicted molar refractivity (Wildman–Crippen MR) is 71.6 cm³/mol. The maximum atomic E-state index is 6.13. The van der Waals surface area contributed by atoms with E-state index in [4.69, 9.17) is 16.3 Å². The minimum absolute atomic E-state index is 0.429. The van der Waals surface area contributed by atoms with Crippen LogP contribution in [0.25, 0.3) is 0 Å². The van der Waals surface area contributed by atoms with Gasteiger partial charge in [0.15, 0.2) is 0 Å². The van der Waals surface area contributed by atoms with Gasteiger partial charge in [-0.25, -0.2) is 0 Å². The molecule has 3 heteroatoms. The molecule has 1 aliphatic rings. The van der Waals surface area contributed by atoms with Gasteiger partial charge in [0.25, 0.3) is 0 Å². The van der Waals surface area contributed by atoms with Gasteiger partial charge >= 0.3 is 0 Å². The van der Waals surface area contributed by atoms with E-state index in [9.17, 15) is 0 Å². The van der Waals surface area contributed by atoms with Crippen LogP contribution in [0.2, 0.25) is 5.02 Å². The van der Waals surface area contributed by atoms with Crippen LogP contribution >= 0.6 is 27.5 Å². The summed E-state index contributed by atoms with van der Waals surface area (Å²) >= 11 is 9.93. The molecule has 0 N–H and O–H groups in total. The molecule has 88 valence electrons. The molecule has 0 aromatic heterocycles. The van der Waals surface area contributed by atoms with Gasteiger partial charge < -0.3 is 4.74 Å². The molecule has 1 fully saturated rings. The SMILES string of the molecule is COc1ccc(C(Br)C2CCCC2)cc1Cl. The summed E-state index contributed by atoms with van der Waals surface area (Å²) in [5, 5.41) is 0.697. The van der Waals surface area contributed by atoms with E-state index in [-0.39, 0.29) is 0 Å². The quantitative estimate of drug-likeness (QED) is 0.716. The number of methoxy groups -OCH3 is 1. The lowest BCUT2D eigenvalue weighted by Crippen LogP contribution is -2.03. The van der Waals surface area contributed by atoms with Crippen LogP contribution in [0.3, 0.4) is 0 Å². The van der Waals surface area contributed by atoms with Crippen molar-refractivity contribution in [2.45, 2.75) is 30.5 Å². The molecule has 1 aliphatic carbocycles. The normalized spacial score (nSPS) is 18.7. The maximum Gasteiger partial charge on any atom is 0.137 e. The fourth-order valence-corrected chi connectivity index (χ4v) is 3.46. The zero-order chi connectivity index (χ0) is 11.5. The second kappa shape index (κ2) is 5.42. The molecular weight excluding hydrogens is 287 g/mol. The molecule has 1 saturated carbocycles. The van der Waals surface area contributed by atoms with Crippen LogP contribution in [0.15, 0.2) is 18.2 Å². The van der Waals surface area contributed by atoms with E-state index in [0.717, 1.165) is 11.7 Å². The Morgan fingerprint density at radius 3 is 2.62 bits per heavy atom. The van der Waals surface area contributed by atoms with Crippen molar-refractivity contribution in [2.75, 3.05) is 7.11 Å². The topological polar surface area (TPSA) is 9.23 Å². The Balaban J connectivity index is 2.16. The summed E-state index contributed by atoms with van der Waals surface area (Å²) in [6.07, 6.45) is 5.35. The lowest BCUT2D eigenvalue weighted by molar-refractivity contribution is 0.414. The largest absolute Gasteiger partial charge is 0.495 e. The highest BCUT2D eigenvalue weighted by Gasteiger charge is 2.24. The zero-order valence-electron chi connectivity index (χ0n) is 9.38. The van der Waals surface area contributed by atoms with Gasteiger partial charge in [-0.15, -0.1) is 0 Å². The fourth-order valence-electron chi connectivity index (χ4n) is 2.38. The van der Waals surface area contributed by atoms with E-state index in [1.807, 2.05) is 12.1 Å². The Labute approximate surface area is 110 Å². The second-order valence-electron chi connectivity index (χ2n) is 4.34. The maximum absolute atomic E-state index is 6.13. The summed E-state index contributed by atoms with van der Waals surface area (Å²) in [5.74, 6) is 1.50. The standard InChI is InChI=1S/C13H16BrClO/c1-16-12-7-6-10(8-11(12)15)13(14)9-4-2-3-5-9/h6-9,13H,2-5H2,1H3. The van der Waals surface area contributed by atoms with Gasteiger partial charge in [-0.2, -0.15) is 0 Å². The molecule has 0 aliphatic heterocycles. The Morgan fingerprint density at radius 1 is 1.38 bits per heavy atom. The van der Waals surface area contributed by atoms with Gasteiger partial charge in [-0.3, -0.25) is 0 Å². The van der Waals surface area contributed by atoms with E-state index in [1.165, 1.54) is 31.2 Å². The number of halogens is 2. The van der Waals surface area contributed by atoms with Gasteiger partial charge in [0.05, 0.1) is 12.1 Å². The smallest absolute Gasteiger partial charge is 0.137 e. The Hall–Kier alpha value is -0.210. The van der Waals surface area contributed by atoms with Crippen LogP contribution in [-0.4, -0.2) is 7.11 Å². The van der Waals surface area contributed by atoms with E-state index < -0.39 is 0 Å². The average Bonchev–Trinajstić information content (AvgIpc) is 2.81. The first-order chi connectivity index (χ1) is 7.72. The van der Waals surface area contributed by atoms with Crippen molar-refractivity contribution in [1.29, 1.82) is 0 Å². The summed E-state index contributed by atoms with van der Waals surface area (Å²) in [5.41, 5.74) is 1.26. The summed E-state index contributed by atoms with van der Waals surface area (Å²) in [7, 11) is 1.64. The van der Waals surface area contributed by atoms with Crippen molar-refractivity contribution in [1.82, 2.24) is 0 Å². The van der Waals surface area contributed by atoms with Crippen molar-refractivity contribution < 1.29 is 4.74 Å². The van der Waals surface area contributed by atoms with E-state index in [0.29, 0.717) is 9.85 Å². The van der Waals surface area contributed by atoms with Gasteiger partial charge in [-0.1, -0.05) is 46.4 Å². The van der Waals surface area contributed by atoms with E-state index in [1.54, 1.807) is 7.11 Å². The molecule has 0 spiro atoms. The van der Waals surface area contributed by atoms with E-state index >= 15 is 0 Å². The first kappa shape index (κ1) is 12.3. The van der Waals surface area contributed by atoms with Crippen LogP contribution in [0.1, 0.15) is 36.1 Å². The van der Waals surface area contributed by atoms with Gasteiger partial charge in [0.2, 0.25) is 0 Å². The first-order valence-corrected chi connectivity index (χ1v) is 6.99. The molecule has 1 atom stereocenters. The minimum Gasteiger partial charge on any atom is -0.495 e. The van der Waals surface area contributed by atoms with Crippen LogP contribution in [0.4, 0.5) is 0 Å². The second-order valence-corrected chi connectivity index (χ2v) is 5.73. The zero-order valence-corrected chi connectivity index (χ0v) is 11.7. The predicted octanol–water partition coefficient (Wildman–Crippen LogP) is 4.97. The third kappa shape index (κ3) is 2.54. The van der Waals surface area contributed by atoms with Crippen LogP contribution < -0.4 is 4.74 Å². The molecule has 1 unspecified atom stereocenters. The van der Waals surface area contributed by atoms with Crippen LogP contribution in [0, 0.1) is 5.92 Å². The first-order valence-electron chi connectivity index (χ1n) is 5.70. The van der Waals surface area contributed by atoms with Gasteiger partial charge in [-0.05, 0) is 36.5 Å². The van der Waals surface area contributed by atoms with Gasteiger partial charge in [0.1, 0.15) is 5.75 Å². The lowest BCUT2D eigenvalue weighted by atomic mass is 9.98. The molecule has 1 aromatic rings. The third-order valence-corrected chi connectivity index (χ3v) is 4.88. The Bertz CT molecular complexity index is 361. The Morgan fingerprint density at radius 2 is 2.06 bits per heavy atom. The third-order valence-electron chi connectivity index (χ3n) is 3.31. The number of ether oxygens (including phenoxy) is 1. The van der Waals surface area contributed by atoms with Crippen LogP contribution in [-0.2, 0) is 0 Å². The van der Waals surface area contributed by atoms with Crippen molar-refractivity contribution in [3.63, 3.8) is 0 Å². The number of hydrogen-bond donors (Lipinski definition) is 0. The number of benzene rings is 1. The fraction of sp³-hybridized carbons (Fsp3) is 0.538. The van der Waals surface area contributed by atoms with Crippen LogP contribution in [0.5, 0.6) is 5.75 Å². The lowest BCUT2D eigenvalue weighted by Gasteiger charge is -2.18. The molecule has 16 heavy (non-hydrogen) atoms. The minimum atomic E-state index is 0.429. The number of rotatable bonds is 3. The molecule has 0 amide bonds. The van der Waals surface area contributed by atoms with Crippen molar-refractivity contribution in [3.8, 4) is 5.75 Å². The van der Waals surface area contributed by atoms with Gasteiger partial charge in [0, 0.05) is 4.83 Å². The van der Waals surface area contributed by atoms with Crippen molar-refractivity contribution >= 4 is 27.5 Å². The molecule has 0 heterocycles. The summed E-state index contributed by atoms with van der Waals surface area (Å²) in [4.78, 5) is 0.429. The highest BCUT2D eigenvalue weighted by Crippen LogP contribution is 2.42. The highest BCUT2D eigenvalue weighted by molar-refractivity contribution is 9.09. The summed E-state index contributed by atoms with van der Waals surface area (Å²) < 4.78 is 5.16. The van der Waals surface area contributed by atoms with E-state index in [2.05, 4.69) is 22.0 Å². The molecule has 2 rings (SSSR count). The van der Waals surface area contributed by atoms with Crippen molar-refractivity contribution in [2.24, 2.45) is 5.92 Å². The molecule has 0 bridgehead atoms. The highest BCUT2D eigenvalue weighted by atomic mass is 79.9. The Kier molecular flexibility index (Phi) is 4.15. The molecule has 1 nitrogen and oxygen atoms in total. The average molecular weight is 304 g/mol. The summed E-state index contributed by atoms with van der Waals surface area (Å²) in [6, 6.07) is 6.06.